The van der Waals surface area contributed by atoms with Crippen molar-refractivity contribution in [2.45, 2.75) is 33.7 Å². The summed E-state index contributed by atoms with van der Waals surface area (Å²) < 4.78 is 5.25. The maximum atomic E-state index is 11.4. The third-order valence-electron chi connectivity index (χ3n) is 2.63. The van der Waals surface area contributed by atoms with Gasteiger partial charge in [0.1, 0.15) is 17.1 Å². The van der Waals surface area contributed by atoms with Crippen LogP contribution < -0.4 is 10.6 Å². The lowest BCUT2D eigenvalue weighted by molar-refractivity contribution is 0.0695. The predicted octanol–water partition coefficient (Wildman–Crippen LogP) is 2.13. The molecule has 0 aliphatic rings. The summed E-state index contributed by atoms with van der Waals surface area (Å²) in [6.07, 6.45) is 0.913. The summed E-state index contributed by atoms with van der Waals surface area (Å²) in [7, 11) is 0. The number of carboxylic acid groups (broad SMARTS) is 1. The summed E-state index contributed by atoms with van der Waals surface area (Å²) in [4.78, 5) is 22.3. The van der Waals surface area contributed by atoms with Gasteiger partial charge in [-0.3, -0.25) is 0 Å². The predicted molar refractivity (Wildman–Crippen MR) is 70.1 cm³/mol. The molecule has 0 aliphatic heterocycles. The Morgan fingerprint density at radius 2 is 2.05 bits per heavy atom. The van der Waals surface area contributed by atoms with Crippen LogP contribution in [0, 0.1) is 12.8 Å². The Labute approximate surface area is 112 Å². The molecule has 0 atom stereocenters. The maximum Gasteiger partial charge on any atom is 0.339 e. The number of urea groups is 1. The van der Waals surface area contributed by atoms with Crippen LogP contribution in [0.2, 0.25) is 0 Å². The molecule has 0 radical (unpaired) electrons. The van der Waals surface area contributed by atoms with E-state index in [-0.39, 0.29) is 18.1 Å². The molecule has 1 aromatic rings. The number of carbonyl (C=O) groups excluding carboxylic acids is 1. The van der Waals surface area contributed by atoms with E-state index in [2.05, 4.69) is 24.5 Å². The zero-order valence-electron chi connectivity index (χ0n) is 11.4. The Hall–Kier alpha value is -1.98. The Morgan fingerprint density at radius 3 is 2.58 bits per heavy atom. The molecule has 19 heavy (non-hydrogen) atoms. The quantitative estimate of drug-likeness (QED) is 0.737. The highest BCUT2D eigenvalue weighted by Crippen LogP contribution is 2.14. The molecule has 3 N–H and O–H groups in total. The first-order valence-corrected chi connectivity index (χ1v) is 6.24. The summed E-state index contributed by atoms with van der Waals surface area (Å²) in [6.45, 7) is 6.52. The van der Waals surface area contributed by atoms with Gasteiger partial charge in [0.25, 0.3) is 0 Å². The van der Waals surface area contributed by atoms with Crippen LogP contribution >= 0.6 is 0 Å². The number of rotatable bonds is 6. The number of nitrogens with one attached hydrogen (secondary N) is 2. The Balaban J connectivity index is 2.38. The normalized spacial score (nSPS) is 10.5. The fourth-order valence-corrected chi connectivity index (χ4v) is 1.55. The summed E-state index contributed by atoms with van der Waals surface area (Å²) in [5.41, 5.74) is 0.122. The van der Waals surface area contributed by atoms with Crippen molar-refractivity contribution >= 4 is 12.0 Å². The monoisotopic (exact) mass is 268 g/mol. The van der Waals surface area contributed by atoms with Crippen molar-refractivity contribution in [2.75, 3.05) is 6.54 Å². The Bertz CT molecular complexity index is 451. The van der Waals surface area contributed by atoms with Gasteiger partial charge in [0, 0.05) is 6.54 Å². The first-order valence-electron chi connectivity index (χ1n) is 6.24. The lowest BCUT2D eigenvalue weighted by Gasteiger charge is -2.07. The van der Waals surface area contributed by atoms with Gasteiger partial charge in [0.15, 0.2) is 0 Å². The summed E-state index contributed by atoms with van der Waals surface area (Å²) >= 11 is 0. The van der Waals surface area contributed by atoms with Crippen LogP contribution in [0.25, 0.3) is 0 Å². The molecule has 0 fully saturated rings. The number of aromatic carboxylic acids is 1. The minimum atomic E-state index is -1.03. The molecule has 1 heterocycles. The van der Waals surface area contributed by atoms with Gasteiger partial charge in [-0.15, -0.1) is 0 Å². The number of aryl methyl sites for hydroxylation is 1. The summed E-state index contributed by atoms with van der Waals surface area (Å²) in [5.74, 6) is 0.262. The zero-order chi connectivity index (χ0) is 14.4. The first-order chi connectivity index (χ1) is 8.90. The lowest BCUT2D eigenvalue weighted by atomic mass is 10.1. The van der Waals surface area contributed by atoms with Crippen molar-refractivity contribution < 1.29 is 19.1 Å². The van der Waals surface area contributed by atoms with Crippen LogP contribution in [0.3, 0.4) is 0 Å². The number of hydrogen-bond donors (Lipinski definition) is 3. The van der Waals surface area contributed by atoms with Gasteiger partial charge in [0.2, 0.25) is 0 Å². The Kier molecular flexibility index (Phi) is 5.41. The Morgan fingerprint density at radius 1 is 1.37 bits per heavy atom. The summed E-state index contributed by atoms with van der Waals surface area (Å²) in [6, 6.07) is 1.14. The molecular weight excluding hydrogens is 248 g/mol. The molecule has 0 saturated heterocycles. The van der Waals surface area contributed by atoms with Gasteiger partial charge in [0.05, 0.1) is 6.54 Å². The minimum Gasteiger partial charge on any atom is -0.478 e. The number of carbonyl (C=O) groups is 2. The molecule has 1 rings (SSSR count). The molecular formula is C13H20N2O4. The van der Waals surface area contributed by atoms with E-state index in [1.807, 2.05) is 0 Å². The van der Waals surface area contributed by atoms with Crippen LogP contribution in [0.15, 0.2) is 10.5 Å². The first kappa shape index (κ1) is 15.1. The lowest BCUT2D eigenvalue weighted by Crippen LogP contribution is -2.35. The fourth-order valence-electron chi connectivity index (χ4n) is 1.55. The molecule has 1 aromatic heterocycles. The number of amides is 2. The van der Waals surface area contributed by atoms with Gasteiger partial charge in [-0.25, -0.2) is 9.59 Å². The van der Waals surface area contributed by atoms with Crippen LogP contribution in [0.1, 0.15) is 42.1 Å². The van der Waals surface area contributed by atoms with E-state index in [4.69, 9.17) is 9.52 Å². The van der Waals surface area contributed by atoms with E-state index in [0.717, 1.165) is 6.42 Å². The molecule has 0 aromatic carbocycles. The van der Waals surface area contributed by atoms with Gasteiger partial charge < -0.3 is 20.2 Å². The molecule has 6 heteroatoms. The smallest absolute Gasteiger partial charge is 0.339 e. The van der Waals surface area contributed by atoms with Crippen molar-refractivity contribution in [3.63, 3.8) is 0 Å². The van der Waals surface area contributed by atoms with E-state index in [1.54, 1.807) is 6.92 Å². The highest BCUT2D eigenvalue weighted by Gasteiger charge is 2.13. The third-order valence-corrected chi connectivity index (χ3v) is 2.63. The molecule has 0 saturated carbocycles. The van der Waals surface area contributed by atoms with Crippen molar-refractivity contribution in [1.29, 1.82) is 0 Å². The van der Waals surface area contributed by atoms with E-state index in [0.29, 0.717) is 24.0 Å². The van der Waals surface area contributed by atoms with Gasteiger partial charge >= 0.3 is 12.0 Å². The van der Waals surface area contributed by atoms with E-state index in [1.165, 1.54) is 6.07 Å². The van der Waals surface area contributed by atoms with Gasteiger partial charge in [-0.1, -0.05) is 13.8 Å². The average molecular weight is 268 g/mol. The SMILES string of the molecule is Cc1oc(CNC(=O)NCCC(C)C)cc1C(=O)O. The van der Waals surface area contributed by atoms with Crippen LogP contribution in [0.4, 0.5) is 4.79 Å². The maximum absolute atomic E-state index is 11.4. The number of furan rings is 1. The van der Waals surface area contributed by atoms with Crippen molar-refractivity contribution in [1.82, 2.24) is 10.6 Å². The molecule has 0 aliphatic carbocycles. The second-order valence-electron chi connectivity index (χ2n) is 4.78. The zero-order valence-corrected chi connectivity index (χ0v) is 11.4. The minimum absolute atomic E-state index is 0.122. The second-order valence-corrected chi connectivity index (χ2v) is 4.78. The molecule has 6 nitrogen and oxygen atoms in total. The van der Waals surface area contributed by atoms with Crippen LogP contribution in [-0.2, 0) is 6.54 Å². The fraction of sp³-hybridized carbons (Fsp3) is 0.538. The third kappa shape index (κ3) is 5.03. The second kappa shape index (κ2) is 6.82. The molecule has 0 bridgehead atoms. The average Bonchev–Trinajstić information content (AvgIpc) is 2.67. The molecule has 0 spiro atoms. The largest absolute Gasteiger partial charge is 0.478 e. The molecule has 2 amide bonds. The number of hydrogen-bond acceptors (Lipinski definition) is 3. The number of carboxylic acids is 1. The van der Waals surface area contributed by atoms with E-state index in [9.17, 15) is 9.59 Å². The standard InChI is InChI=1S/C13H20N2O4/c1-8(2)4-5-14-13(18)15-7-10-6-11(12(16)17)9(3)19-10/h6,8H,4-5,7H2,1-3H3,(H,16,17)(H2,14,15,18). The van der Waals surface area contributed by atoms with Crippen molar-refractivity contribution in [3.05, 3.63) is 23.2 Å². The molecule has 106 valence electrons. The highest BCUT2D eigenvalue weighted by molar-refractivity contribution is 5.88. The van der Waals surface area contributed by atoms with Crippen LogP contribution in [-0.4, -0.2) is 23.7 Å². The van der Waals surface area contributed by atoms with Crippen LogP contribution in [0.5, 0.6) is 0 Å². The van der Waals surface area contributed by atoms with Gasteiger partial charge in [-0.05, 0) is 25.3 Å². The topological polar surface area (TPSA) is 91.6 Å². The van der Waals surface area contributed by atoms with E-state index < -0.39 is 5.97 Å². The van der Waals surface area contributed by atoms with E-state index >= 15 is 0 Å². The summed E-state index contributed by atoms with van der Waals surface area (Å²) in [5, 5.41) is 14.2. The van der Waals surface area contributed by atoms with Crippen molar-refractivity contribution in [2.24, 2.45) is 5.92 Å². The van der Waals surface area contributed by atoms with Gasteiger partial charge in [-0.2, -0.15) is 0 Å². The van der Waals surface area contributed by atoms with Crippen molar-refractivity contribution in [3.8, 4) is 0 Å². The molecule has 0 unspecified atom stereocenters. The highest BCUT2D eigenvalue weighted by atomic mass is 16.4.